The quantitative estimate of drug-likeness (QED) is 0.889. The zero-order chi connectivity index (χ0) is 15.4. The zero-order valence-corrected chi connectivity index (χ0v) is 12.8. The van der Waals surface area contributed by atoms with Crippen molar-refractivity contribution in [1.29, 1.82) is 0 Å². The predicted octanol–water partition coefficient (Wildman–Crippen LogP) is 2.35. The average molecular weight is 298 g/mol. The van der Waals surface area contributed by atoms with Crippen molar-refractivity contribution < 1.29 is 9.84 Å². The first-order chi connectivity index (χ1) is 10.7. The fourth-order valence-corrected chi connectivity index (χ4v) is 2.88. The number of aliphatic hydroxyl groups excluding tert-OH is 1. The molecular formula is C18H22N2O2. The summed E-state index contributed by atoms with van der Waals surface area (Å²) in [6.07, 6.45) is -0.356. The van der Waals surface area contributed by atoms with Gasteiger partial charge >= 0.3 is 0 Å². The van der Waals surface area contributed by atoms with E-state index in [9.17, 15) is 5.11 Å². The summed E-state index contributed by atoms with van der Waals surface area (Å²) in [5.41, 5.74) is 2.28. The first-order valence-corrected chi connectivity index (χ1v) is 7.59. The fourth-order valence-electron chi connectivity index (χ4n) is 2.88. The second kappa shape index (κ2) is 6.81. The number of hydrogen-bond acceptors (Lipinski definition) is 4. The van der Waals surface area contributed by atoms with Gasteiger partial charge in [0.25, 0.3) is 0 Å². The number of hydrogen-bond donors (Lipinski definition) is 2. The predicted molar refractivity (Wildman–Crippen MR) is 88.1 cm³/mol. The van der Waals surface area contributed by atoms with Crippen molar-refractivity contribution in [2.75, 3.05) is 25.5 Å². The lowest BCUT2D eigenvalue weighted by Crippen LogP contribution is -2.32. The summed E-state index contributed by atoms with van der Waals surface area (Å²) in [6, 6.07) is 18.2. The Balaban J connectivity index is 1.58. The molecule has 1 aliphatic heterocycles. The van der Waals surface area contributed by atoms with E-state index in [0.29, 0.717) is 6.54 Å². The van der Waals surface area contributed by atoms with E-state index in [0.717, 1.165) is 24.5 Å². The second-order valence-electron chi connectivity index (χ2n) is 5.73. The molecule has 0 amide bonds. The lowest BCUT2D eigenvalue weighted by molar-refractivity contribution is 0.168. The molecule has 2 atom stereocenters. The number of nitrogens with zero attached hydrogens (tertiary/aromatic N) is 1. The van der Waals surface area contributed by atoms with Gasteiger partial charge in [0.1, 0.15) is 5.75 Å². The van der Waals surface area contributed by atoms with E-state index < -0.39 is 0 Å². The highest BCUT2D eigenvalue weighted by molar-refractivity contribution is 5.47. The number of nitrogens with one attached hydrogen (secondary N) is 1. The molecule has 2 aromatic carbocycles. The summed E-state index contributed by atoms with van der Waals surface area (Å²) in [5.74, 6) is 0.836. The Hall–Kier alpha value is -2.04. The number of rotatable bonds is 5. The van der Waals surface area contributed by atoms with Gasteiger partial charge in [0.05, 0.1) is 19.3 Å². The van der Waals surface area contributed by atoms with Crippen LogP contribution in [0.3, 0.4) is 0 Å². The van der Waals surface area contributed by atoms with Crippen molar-refractivity contribution in [3.8, 4) is 5.75 Å². The van der Waals surface area contributed by atoms with Gasteiger partial charge in [-0.1, -0.05) is 30.3 Å². The maximum atomic E-state index is 10.3. The highest BCUT2D eigenvalue weighted by Crippen LogP contribution is 2.20. The summed E-state index contributed by atoms with van der Waals surface area (Å²) >= 11 is 0. The Kier molecular flexibility index (Phi) is 4.61. The first-order valence-electron chi connectivity index (χ1n) is 7.59. The third kappa shape index (κ3) is 3.59. The standard InChI is InChI=1S/C18H22N2O2/c1-22-16-9-7-15(8-10-16)19-17-12-20(13-18(17)21)11-14-5-3-2-4-6-14/h2-10,17-19,21H,11-13H2,1H3/t17-,18?/m1/s1. The molecule has 1 heterocycles. The summed E-state index contributed by atoms with van der Waals surface area (Å²) in [4.78, 5) is 2.28. The largest absolute Gasteiger partial charge is 0.497 e. The Bertz CT molecular complexity index is 586. The van der Waals surface area contributed by atoms with Crippen LogP contribution in [0.1, 0.15) is 5.56 Å². The minimum Gasteiger partial charge on any atom is -0.497 e. The molecule has 0 radical (unpaired) electrons. The molecule has 2 aromatic rings. The Morgan fingerprint density at radius 1 is 1.09 bits per heavy atom. The molecule has 1 fully saturated rings. The van der Waals surface area contributed by atoms with Gasteiger partial charge in [-0.15, -0.1) is 0 Å². The molecule has 1 saturated heterocycles. The van der Waals surface area contributed by atoms with Crippen LogP contribution in [0.4, 0.5) is 5.69 Å². The molecule has 4 nitrogen and oxygen atoms in total. The van der Waals surface area contributed by atoms with E-state index in [1.807, 2.05) is 30.3 Å². The van der Waals surface area contributed by atoms with Crippen molar-refractivity contribution in [3.05, 3.63) is 60.2 Å². The molecule has 116 valence electrons. The fraction of sp³-hybridized carbons (Fsp3) is 0.333. The van der Waals surface area contributed by atoms with Crippen molar-refractivity contribution in [2.24, 2.45) is 0 Å². The number of methoxy groups -OCH3 is 1. The van der Waals surface area contributed by atoms with Crippen LogP contribution in [-0.4, -0.2) is 42.4 Å². The number of likely N-dealkylation sites (tertiary alicyclic amines) is 1. The van der Waals surface area contributed by atoms with Crippen LogP contribution in [0, 0.1) is 0 Å². The van der Waals surface area contributed by atoms with E-state index >= 15 is 0 Å². The van der Waals surface area contributed by atoms with E-state index in [2.05, 4.69) is 34.5 Å². The van der Waals surface area contributed by atoms with Crippen LogP contribution in [0.2, 0.25) is 0 Å². The summed E-state index contributed by atoms with van der Waals surface area (Å²) in [5, 5.41) is 13.7. The maximum Gasteiger partial charge on any atom is 0.119 e. The van der Waals surface area contributed by atoms with E-state index in [1.54, 1.807) is 7.11 Å². The molecule has 0 spiro atoms. The lowest BCUT2D eigenvalue weighted by atomic mass is 10.2. The monoisotopic (exact) mass is 298 g/mol. The van der Waals surface area contributed by atoms with Crippen LogP contribution >= 0.6 is 0 Å². The van der Waals surface area contributed by atoms with Crippen molar-refractivity contribution in [3.63, 3.8) is 0 Å². The van der Waals surface area contributed by atoms with Gasteiger partial charge in [-0.2, -0.15) is 0 Å². The van der Waals surface area contributed by atoms with Gasteiger partial charge in [-0.05, 0) is 29.8 Å². The Labute approximate surface area is 131 Å². The van der Waals surface area contributed by atoms with Gasteiger partial charge in [0.2, 0.25) is 0 Å². The molecule has 3 rings (SSSR count). The first kappa shape index (κ1) is 14.9. The molecule has 2 N–H and O–H groups in total. The third-order valence-corrected chi connectivity index (χ3v) is 4.06. The van der Waals surface area contributed by atoms with Crippen LogP contribution in [0.15, 0.2) is 54.6 Å². The molecule has 0 aliphatic carbocycles. The molecule has 4 heteroatoms. The van der Waals surface area contributed by atoms with E-state index in [1.165, 1.54) is 5.56 Å². The number of anilines is 1. The SMILES string of the molecule is COc1ccc(N[C@@H]2CN(Cc3ccccc3)CC2O)cc1. The zero-order valence-electron chi connectivity index (χ0n) is 12.8. The highest BCUT2D eigenvalue weighted by Gasteiger charge is 2.31. The molecule has 22 heavy (non-hydrogen) atoms. The van der Waals surface area contributed by atoms with Crippen molar-refractivity contribution >= 4 is 5.69 Å². The minimum absolute atomic E-state index is 0.0529. The average Bonchev–Trinajstić information content (AvgIpc) is 2.88. The number of β-amino-alcohol motifs (C(OH)–C–C–N with tert-alkyl or cyclic N) is 1. The molecule has 1 aliphatic rings. The highest BCUT2D eigenvalue weighted by atomic mass is 16.5. The smallest absolute Gasteiger partial charge is 0.119 e. The van der Waals surface area contributed by atoms with Crippen LogP contribution in [-0.2, 0) is 6.54 Å². The number of benzene rings is 2. The van der Waals surface area contributed by atoms with Gasteiger partial charge in [-0.25, -0.2) is 0 Å². The van der Waals surface area contributed by atoms with Gasteiger partial charge < -0.3 is 15.2 Å². The van der Waals surface area contributed by atoms with Gasteiger partial charge in [-0.3, -0.25) is 4.90 Å². The minimum atomic E-state index is -0.356. The van der Waals surface area contributed by atoms with Crippen LogP contribution in [0.25, 0.3) is 0 Å². The topological polar surface area (TPSA) is 44.7 Å². The normalized spacial score (nSPS) is 21.7. The summed E-state index contributed by atoms with van der Waals surface area (Å²) in [6.45, 7) is 2.41. The van der Waals surface area contributed by atoms with Gasteiger partial charge in [0, 0.05) is 25.3 Å². The van der Waals surface area contributed by atoms with Crippen molar-refractivity contribution in [1.82, 2.24) is 4.90 Å². The third-order valence-electron chi connectivity index (χ3n) is 4.06. The molecule has 0 bridgehead atoms. The molecule has 0 saturated carbocycles. The molecule has 1 unspecified atom stereocenters. The van der Waals surface area contributed by atoms with Gasteiger partial charge in [0.15, 0.2) is 0 Å². The van der Waals surface area contributed by atoms with Crippen LogP contribution < -0.4 is 10.1 Å². The number of ether oxygens (including phenoxy) is 1. The summed E-state index contributed by atoms with van der Waals surface area (Å²) < 4.78 is 5.16. The second-order valence-corrected chi connectivity index (χ2v) is 5.73. The molecular weight excluding hydrogens is 276 g/mol. The summed E-state index contributed by atoms with van der Waals surface area (Å²) in [7, 11) is 1.66. The van der Waals surface area contributed by atoms with E-state index in [4.69, 9.17) is 4.74 Å². The lowest BCUT2D eigenvalue weighted by Gasteiger charge is -2.18. The van der Waals surface area contributed by atoms with Crippen LogP contribution in [0.5, 0.6) is 5.75 Å². The Morgan fingerprint density at radius 2 is 1.82 bits per heavy atom. The van der Waals surface area contributed by atoms with Crippen molar-refractivity contribution in [2.45, 2.75) is 18.7 Å². The Morgan fingerprint density at radius 3 is 2.50 bits per heavy atom. The van der Waals surface area contributed by atoms with E-state index in [-0.39, 0.29) is 12.1 Å². The maximum absolute atomic E-state index is 10.3. The molecule has 0 aromatic heterocycles. The number of aliphatic hydroxyl groups is 1.